The Morgan fingerprint density at radius 1 is 0.929 bits per heavy atom. The van der Waals surface area contributed by atoms with Gasteiger partial charge < -0.3 is 14.7 Å². The van der Waals surface area contributed by atoms with Crippen LogP contribution < -0.4 is 71.3 Å². The summed E-state index contributed by atoms with van der Waals surface area (Å²) >= 11 is 0. The summed E-state index contributed by atoms with van der Waals surface area (Å²) in [6.07, 6.45) is 0. The molecule has 0 aromatic heterocycles. The summed E-state index contributed by atoms with van der Waals surface area (Å²) in [6, 6.07) is 0. The monoisotopic (exact) mass is 242 g/mol. The molecule has 0 fully saturated rings. The van der Waals surface area contributed by atoms with E-state index in [2.05, 4.69) is 8.62 Å². The van der Waals surface area contributed by atoms with Gasteiger partial charge in [-0.1, -0.05) is 8.62 Å². The molecule has 0 saturated heterocycles. The summed E-state index contributed by atoms with van der Waals surface area (Å²) < 4.78 is 35.4. The summed E-state index contributed by atoms with van der Waals surface area (Å²) in [7, 11) is -12.6. The summed E-state index contributed by atoms with van der Waals surface area (Å²) in [5, 5.41) is 0. The van der Waals surface area contributed by atoms with Gasteiger partial charge >= 0.3 is 80.9 Å². The molecule has 0 aliphatic heterocycles. The third-order valence-corrected chi connectivity index (χ3v) is 3.00. The van der Waals surface area contributed by atoms with Crippen LogP contribution in [0.5, 0.6) is 0 Å². The molecule has 14 heavy (non-hydrogen) atoms. The fourth-order valence-electron chi connectivity index (χ4n) is 0.178. The molecule has 14 heteroatoms. The normalized spacial score (nSPS) is 14.8. The van der Waals surface area contributed by atoms with Crippen molar-refractivity contribution in [1.29, 1.82) is 0 Å². The summed E-state index contributed by atoms with van der Waals surface area (Å²) in [5.41, 5.74) is 0. The average molecular weight is 242 g/mol. The van der Waals surface area contributed by atoms with Crippen LogP contribution in [-0.4, -0.2) is 0 Å². The molecule has 2 unspecified atom stereocenters. The van der Waals surface area contributed by atoms with E-state index in [1.54, 1.807) is 0 Å². The first kappa shape index (κ1) is 25.0. The molecule has 0 aliphatic carbocycles. The molecule has 0 heterocycles. The van der Waals surface area contributed by atoms with Crippen molar-refractivity contribution < 1.29 is 93.6 Å². The van der Waals surface area contributed by atoms with Gasteiger partial charge in [0, 0.05) is 0 Å². The van der Waals surface area contributed by atoms with Gasteiger partial charge in [-0.3, -0.25) is 4.57 Å². The molecule has 0 amide bonds. The Labute approximate surface area is 117 Å². The smallest absolute Gasteiger partial charge is 0.750 e. The van der Waals surface area contributed by atoms with Gasteiger partial charge in [-0.25, -0.2) is 0 Å². The predicted octanol–water partition coefficient (Wildman–Crippen LogP) is -10.5. The third kappa shape index (κ3) is 16.5. The van der Waals surface area contributed by atoms with E-state index in [9.17, 15) is 28.4 Å². The van der Waals surface area contributed by atoms with Crippen molar-refractivity contribution in [2.45, 2.75) is 0 Å². The molecule has 0 saturated carbocycles. The second kappa shape index (κ2) is 11.5. The zero-order chi connectivity index (χ0) is 9.07. The van der Waals surface area contributed by atoms with Gasteiger partial charge in [0.2, 0.25) is 0 Å². The minimum atomic E-state index is -5.25. The van der Waals surface area contributed by atoms with Crippen molar-refractivity contribution in [3.63, 3.8) is 0 Å². The van der Waals surface area contributed by atoms with Crippen LogP contribution in [0, 0.1) is 0 Å². The van der Waals surface area contributed by atoms with E-state index in [0.717, 1.165) is 0 Å². The number of hydrogen-bond acceptors (Lipinski definition) is 8. The number of rotatable bonds is 4. The van der Waals surface area contributed by atoms with E-state index in [1.165, 1.54) is 0 Å². The van der Waals surface area contributed by atoms with Gasteiger partial charge in [-0.2, -0.15) is 0 Å². The zero-order valence-corrected chi connectivity index (χ0v) is 10.3. The molecule has 8 nitrogen and oxygen atoms in total. The first-order valence-corrected chi connectivity index (χ1v) is 5.48. The van der Waals surface area contributed by atoms with Gasteiger partial charge in [-0.15, -0.1) is 0 Å². The molecule has 0 bridgehead atoms. The number of hydrogen-bond donors (Lipinski definition) is 0. The SMILES string of the molecule is O=[P+]([O-])OP(=O)([O-])O[P+](=O)[O-].[Li+].[Li+].[Li+]. The molecule has 0 aliphatic rings. The minimum Gasteiger partial charge on any atom is -0.750 e. The van der Waals surface area contributed by atoms with Crippen LogP contribution in [0.1, 0.15) is 0 Å². The predicted molar refractivity (Wildman–Crippen MR) is 25.0 cm³/mol. The van der Waals surface area contributed by atoms with Crippen molar-refractivity contribution >= 4 is 24.3 Å². The van der Waals surface area contributed by atoms with Crippen LogP contribution in [0.2, 0.25) is 0 Å². The molecule has 0 aromatic carbocycles. The maximum absolute atomic E-state index is 10.1. The second-order valence-electron chi connectivity index (χ2n) is 1.06. The molecule has 0 spiro atoms. The minimum absolute atomic E-state index is 0. The summed E-state index contributed by atoms with van der Waals surface area (Å²) in [4.78, 5) is 29.2. The zero-order valence-electron chi connectivity index (χ0n) is 7.61. The quantitative estimate of drug-likeness (QED) is 0.349. The first-order chi connectivity index (χ1) is 4.83. The topological polar surface area (TPSA) is 139 Å². The molecular weight excluding hydrogens is 242 g/mol. The molecule has 0 rings (SSSR count). The van der Waals surface area contributed by atoms with Crippen molar-refractivity contribution in [1.82, 2.24) is 0 Å². The maximum Gasteiger partial charge on any atom is 1.00 e. The van der Waals surface area contributed by atoms with Gasteiger partial charge in [0.05, 0.1) is 0 Å². The summed E-state index contributed by atoms with van der Waals surface area (Å²) in [6.45, 7) is 0. The molecule has 0 aromatic rings. The molecular formula is Li3O8P3+2. The van der Waals surface area contributed by atoms with Gasteiger partial charge in [0.1, 0.15) is 0 Å². The Morgan fingerprint density at radius 3 is 1.29 bits per heavy atom. The van der Waals surface area contributed by atoms with Crippen molar-refractivity contribution in [3.05, 3.63) is 0 Å². The van der Waals surface area contributed by atoms with E-state index in [1.807, 2.05) is 0 Å². The largest absolute Gasteiger partial charge is 1.00 e. The van der Waals surface area contributed by atoms with Crippen LogP contribution >= 0.6 is 24.3 Å². The Hall–Kier alpha value is 2.02. The van der Waals surface area contributed by atoms with Crippen molar-refractivity contribution in [2.24, 2.45) is 0 Å². The van der Waals surface area contributed by atoms with Crippen molar-refractivity contribution in [3.8, 4) is 0 Å². The van der Waals surface area contributed by atoms with Gasteiger partial charge in [-0.05, 0) is 9.13 Å². The van der Waals surface area contributed by atoms with E-state index in [0.29, 0.717) is 0 Å². The van der Waals surface area contributed by atoms with Gasteiger partial charge in [0.25, 0.3) is 0 Å². The van der Waals surface area contributed by atoms with Crippen LogP contribution in [0.15, 0.2) is 0 Å². The molecule has 2 atom stereocenters. The van der Waals surface area contributed by atoms with Crippen LogP contribution in [0.25, 0.3) is 0 Å². The van der Waals surface area contributed by atoms with Crippen LogP contribution in [0.3, 0.4) is 0 Å². The maximum atomic E-state index is 10.1. The first-order valence-electron chi connectivity index (χ1n) is 1.83. The van der Waals surface area contributed by atoms with E-state index < -0.39 is 24.3 Å². The molecule has 64 valence electrons. The van der Waals surface area contributed by atoms with Gasteiger partial charge in [0.15, 0.2) is 0 Å². The van der Waals surface area contributed by atoms with E-state index in [4.69, 9.17) is 0 Å². The fourth-order valence-corrected chi connectivity index (χ4v) is 1.87. The molecule has 0 radical (unpaired) electrons. The Bertz CT molecular complexity index is 206. The molecule has 0 N–H and O–H groups in total. The van der Waals surface area contributed by atoms with E-state index in [-0.39, 0.29) is 56.6 Å². The second-order valence-corrected chi connectivity index (χ2v) is 4.15. The summed E-state index contributed by atoms with van der Waals surface area (Å²) in [5.74, 6) is 0. The van der Waals surface area contributed by atoms with Crippen LogP contribution in [-0.2, 0) is 22.3 Å². The third-order valence-electron chi connectivity index (χ3n) is 0.333. The fraction of sp³-hybridized carbons (Fsp3) is 0. The Morgan fingerprint density at radius 2 is 1.14 bits per heavy atom. The average Bonchev–Trinajstić information content (AvgIpc) is 1.53. The Balaban J connectivity index is -0.000000167. The number of phosphoric acid groups is 1. The van der Waals surface area contributed by atoms with Crippen LogP contribution in [0.4, 0.5) is 0 Å². The van der Waals surface area contributed by atoms with Crippen molar-refractivity contribution in [2.75, 3.05) is 0 Å². The standard InChI is InChI=1S/3Li.HO8P3/c;;;1-9(2)7-11(5,6)8-10(3)4/h;;;(H,5,6)/q3*+1;/p-1. The van der Waals surface area contributed by atoms with E-state index >= 15 is 0 Å². The Kier molecular flexibility index (Phi) is 20.6.